The van der Waals surface area contributed by atoms with Crippen molar-refractivity contribution in [2.75, 3.05) is 29.9 Å². The van der Waals surface area contributed by atoms with Gasteiger partial charge in [-0.1, -0.05) is 28.4 Å². The largest absolute Gasteiger partial charge is 0.365 e. The van der Waals surface area contributed by atoms with Gasteiger partial charge in [0.15, 0.2) is 17.3 Å². The highest BCUT2D eigenvalue weighted by atomic mass is 35.5. The molecule has 0 spiro atoms. The first-order valence-corrected chi connectivity index (χ1v) is 10.8. The number of nitrogens with one attached hydrogen (secondary N) is 2. The average Bonchev–Trinajstić information content (AvgIpc) is 3.46. The van der Waals surface area contributed by atoms with Gasteiger partial charge >= 0.3 is 0 Å². The molecule has 156 valence electrons. The number of benzene rings is 1. The van der Waals surface area contributed by atoms with E-state index in [9.17, 15) is 0 Å². The second-order valence-electron chi connectivity index (χ2n) is 7.53. The molecule has 4 heterocycles. The molecule has 0 amide bonds. The molecular weight excluding hydrogens is 425 g/mol. The molecule has 5 rings (SSSR count). The van der Waals surface area contributed by atoms with Gasteiger partial charge < -0.3 is 20.1 Å². The van der Waals surface area contributed by atoms with E-state index < -0.39 is 0 Å². The Labute approximate surface area is 184 Å². The van der Waals surface area contributed by atoms with Crippen LogP contribution in [0.4, 0.5) is 11.5 Å². The lowest BCUT2D eigenvalue weighted by atomic mass is 10.1. The second-order valence-corrected chi connectivity index (χ2v) is 8.38. The SMILES string of the molecule is C[C@H](c1cc(Cl)ccc1Cl)N1CCNc2nnc(-c3nc(C4CCCN4)no3)cc21. The predicted octanol–water partition coefficient (Wildman–Crippen LogP) is 4.25. The summed E-state index contributed by atoms with van der Waals surface area (Å²) in [7, 11) is 0. The molecule has 0 bridgehead atoms. The Morgan fingerprint density at radius 2 is 2.10 bits per heavy atom. The van der Waals surface area contributed by atoms with Crippen LogP contribution in [0.1, 0.15) is 43.2 Å². The summed E-state index contributed by atoms with van der Waals surface area (Å²) < 4.78 is 5.49. The first-order valence-electron chi connectivity index (χ1n) is 10.0. The van der Waals surface area contributed by atoms with Crippen LogP contribution < -0.4 is 15.5 Å². The molecule has 0 aliphatic carbocycles. The monoisotopic (exact) mass is 445 g/mol. The Balaban J connectivity index is 1.48. The van der Waals surface area contributed by atoms with E-state index in [1.54, 1.807) is 6.07 Å². The molecule has 1 aromatic carbocycles. The van der Waals surface area contributed by atoms with Gasteiger partial charge in [0.05, 0.1) is 17.8 Å². The van der Waals surface area contributed by atoms with Gasteiger partial charge in [-0.2, -0.15) is 4.98 Å². The number of rotatable bonds is 4. The van der Waals surface area contributed by atoms with Crippen molar-refractivity contribution >= 4 is 34.7 Å². The number of halogens is 2. The summed E-state index contributed by atoms with van der Waals surface area (Å²) in [5.74, 6) is 1.75. The van der Waals surface area contributed by atoms with Gasteiger partial charge in [-0.05, 0) is 56.1 Å². The van der Waals surface area contributed by atoms with Crippen molar-refractivity contribution in [3.05, 3.63) is 45.7 Å². The highest BCUT2D eigenvalue weighted by molar-refractivity contribution is 6.33. The molecular formula is C20H21Cl2N7O. The van der Waals surface area contributed by atoms with Crippen molar-refractivity contribution in [1.29, 1.82) is 0 Å². The minimum atomic E-state index is -0.00460. The fourth-order valence-electron chi connectivity index (χ4n) is 4.04. The van der Waals surface area contributed by atoms with Crippen molar-refractivity contribution in [2.45, 2.75) is 31.8 Å². The second kappa shape index (κ2) is 8.02. The van der Waals surface area contributed by atoms with E-state index in [4.69, 9.17) is 27.7 Å². The number of fused-ring (bicyclic) bond motifs is 1. The van der Waals surface area contributed by atoms with Crippen LogP contribution in [0.5, 0.6) is 0 Å². The summed E-state index contributed by atoms with van der Waals surface area (Å²) in [6.07, 6.45) is 2.11. The Bertz CT molecular complexity index is 1070. The van der Waals surface area contributed by atoms with Crippen molar-refractivity contribution < 1.29 is 4.52 Å². The summed E-state index contributed by atoms with van der Waals surface area (Å²) in [5, 5.41) is 20.8. The molecule has 8 nitrogen and oxygen atoms in total. The number of aromatic nitrogens is 4. The van der Waals surface area contributed by atoms with Crippen molar-refractivity contribution in [3.8, 4) is 11.6 Å². The van der Waals surface area contributed by atoms with Crippen LogP contribution in [0.25, 0.3) is 11.6 Å². The van der Waals surface area contributed by atoms with Gasteiger partial charge in [-0.15, -0.1) is 10.2 Å². The average molecular weight is 446 g/mol. The van der Waals surface area contributed by atoms with E-state index in [0.29, 0.717) is 33.3 Å². The Morgan fingerprint density at radius 1 is 1.20 bits per heavy atom. The third-order valence-electron chi connectivity index (χ3n) is 5.64. The van der Waals surface area contributed by atoms with Crippen LogP contribution in [-0.4, -0.2) is 40.0 Å². The molecule has 0 saturated carbocycles. The van der Waals surface area contributed by atoms with E-state index in [2.05, 4.69) is 42.8 Å². The van der Waals surface area contributed by atoms with E-state index in [-0.39, 0.29) is 12.1 Å². The van der Waals surface area contributed by atoms with Gasteiger partial charge in [0.2, 0.25) is 0 Å². The van der Waals surface area contributed by atoms with E-state index in [0.717, 1.165) is 43.7 Å². The third kappa shape index (κ3) is 3.59. The normalized spacial score (nSPS) is 19.4. The van der Waals surface area contributed by atoms with Crippen molar-refractivity contribution in [2.24, 2.45) is 0 Å². The number of hydrogen-bond acceptors (Lipinski definition) is 8. The van der Waals surface area contributed by atoms with Gasteiger partial charge in [0, 0.05) is 23.1 Å². The number of nitrogens with zero attached hydrogens (tertiary/aromatic N) is 5. The summed E-state index contributed by atoms with van der Waals surface area (Å²) in [6, 6.07) is 7.59. The zero-order valence-corrected chi connectivity index (χ0v) is 17.9. The molecule has 10 heteroatoms. The molecule has 3 aromatic rings. The lowest BCUT2D eigenvalue weighted by molar-refractivity contribution is 0.411. The quantitative estimate of drug-likeness (QED) is 0.615. The number of anilines is 2. The van der Waals surface area contributed by atoms with Gasteiger partial charge in [0.25, 0.3) is 5.89 Å². The summed E-state index contributed by atoms with van der Waals surface area (Å²) in [6.45, 7) is 4.60. The van der Waals surface area contributed by atoms with Crippen molar-refractivity contribution in [1.82, 2.24) is 25.7 Å². The van der Waals surface area contributed by atoms with Crippen LogP contribution in [-0.2, 0) is 0 Å². The molecule has 2 aromatic heterocycles. The third-order valence-corrected chi connectivity index (χ3v) is 6.22. The minimum Gasteiger partial charge on any atom is -0.365 e. The zero-order valence-electron chi connectivity index (χ0n) is 16.4. The Morgan fingerprint density at radius 3 is 2.93 bits per heavy atom. The van der Waals surface area contributed by atoms with Crippen LogP contribution >= 0.6 is 23.2 Å². The van der Waals surface area contributed by atoms with E-state index in [1.165, 1.54) is 0 Å². The maximum Gasteiger partial charge on any atom is 0.278 e. The van der Waals surface area contributed by atoms with Gasteiger partial charge in [-0.3, -0.25) is 0 Å². The minimum absolute atomic E-state index is 0.00460. The topological polar surface area (TPSA) is 92.0 Å². The first-order chi connectivity index (χ1) is 14.6. The van der Waals surface area contributed by atoms with Crippen molar-refractivity contribution in [3.63, 3.8) is 0 Å². The molecule has 30 heavy (non-hydrogen) atoms. The molecule has 2 N–H and O–H groups in total. The fraction of sp³-hybridized carbons (Fsp3) is 0.400. The fourth-order valence-corrected chi connectivity index (χ4v) is 4.49. The van der Waals surface area contributed by atoms with Crippen LogP contribution in [0.3, 0.4) is 0 Å². The predicted molar refractivity (Wildman–Crippen MR) is 116 cm³/mol. The zero-order chi connectivity index (χ0) is 20.7. The first kappa shape index (κ1) is 19.5. The Hall–Kier alpha value is -2.42. The highest BCUT2D eigenvalue weighted by Gasteiger charge is 2.28. The lowest BCUT2D eigenvalue weighted by Crippen LogP contribution is -2.36. The molecule has 1 fully saturated rings. The molecule has 2 aliphatic heterocycles. The number of hydrogen-bond donors (Lipinski definition) is 2. The molecule has 0 radical (unpaired) electrons. The summed E-state index contributed by atoms with van der Waals surface area (Å²) >= 11 is 12.7. The Kier molecular flexibility index (Phi) is 5.22. The molecule has 1 saturated heterocycles. The van der Waals surface area contributed by atoms with E-state index in [1.807, 2.05) is 18.2 Å². The van der Waals surface area contributed by atoms with Crippen LogP contribution in [0.15, 0.2) is 28.8 Å². The standard InChI is InChI=1S/C20H21Cl2N7O/c1-11(13-9-12(21)4-5-14(13)22)29-8-7-24-19-17(29)10-16(26-27-19)20-25-18(28-30-20)15-3-2-6-23-15/h4-5,9-11,15,23H,2-3,6-8H2,1H3,(H,24,27)/t11-,15?/m1/s1. The van der Waals surface area contributed by atoms with E-state index >= 15 is 0 Å². The van der Waals surface area contributed by atoms with Gasteiger partial charge in [-0.25, -0.2) is 0 Å². The van der Waals surface area contributed by atoms with Crippen LogP contribution in [0, 0.1) is 0 Å². The molecule has 1 unspecified atom stereocenters. The maximum absolute atomic E-state index is 6.46. The van der Waals surface area contributed by atoms with Crippen LogP contribution in [0.2, 0.25) is 10.0 Å². The molecule has 2 atom stereocenters. The van der Waals surface area contributed by atoms with Gasteiger partial charge in [0.1, 0.15) is 0 Å². The lowest BCUT2D eigenvalue weighted by Gasteiger charge is -2.36. The smallest absolute Gasteiger partial charge is 0.278 e. The summed E-state index contributed by atoms with van der Waals surface area (Å²) in [5.41, 5.74) is 2.42. The summed E-state index contributed by atoms with van der Waals surface area (Å²) in [4.78, 5) is 6.78. The maximum atomic E-state index is 6.46. The molecule has 2 aliphatic rings. The highest BCUT2D eigenvalue weighted by Crippen LogP contribution is 2.38.